The van der Waals surface area contributed by atoms with Gasteiger partial charge in [-0.3, -0.25) is 9.59 Å². The van der Waals surface area contributed by atoms with Crippen molar-refractivity contribution in [3.05, 3.63) is 12.3 Å². The Morgan fingerprint density at radius 3 is 2.31 bits per heavy atom. The molecule has 5 unspecified atom stereocenters. The first-order valence-electron chi connectivity index (χ1n) is 12.1. The van der Waals surface area contributed by atoms with Gasteiger partial charge in [0, 0.05) is 34.2 Å². The van der Waals surface area contributed by atoms with Crippen LogP contribution < -0.4 is 5.73 Å². The molecule has 0 aromatic heterocycles. The molecule has 0 aliphatic carbocycles. The number of nitrogens with two attached hydrogens (primary N) is 1. The summed E-state index contributed by atoms with van der Waals surface area (Å²) in [6.07, 6.45) is -2.40. The standard InChI is InChI=1S/C24H43NO10/c1-7-9-11-30-20(15(3)26)23(34-17(5)28)24(29-6)35-22-19(14-32-16(4)27)33-13-18(25)21(22)31-12-10-8-2/h18-24,26H,3,7-14,25H2,1-2,4-6H3/t18?,19?,20?,21?,22-,23?,24+/m1/s1. The predicted molar refractivity (Wildman–Crippen MR) is 127 cm³/mol. The van der Waals surface area contributed by atoms with Crippen LogP contribution in [0, 0.1) is 0 Å². The lowest BCUT2D eigenvalue weighted by molar-refractivity contribution is -0.282. The lowest BCUT2D eigenvalue weighted by Gasteiger charge is -2.43. The van der Waals surface area contributed by atoms with Crippen molar-refractivity contribution in [3.63, 3.8) is 0 Å². The predicted octanol–water partition coefficient (Wildman–Crippen LogP) is 2.01. The normalized spacial score (nSPS) is 24.9. The highest BCUT2D eigenvalue weighted by Crippen LogP contribution is 2.27. The highest BCUT2D eigenvalue weighted by atomic mass is 16.7. The molecule has 0 amide bonds. The summed E-state index contributed by atoms with van der Waals surface area (Å²) < 4.78 is 40.0. The van der Waals surface area contributed by atoms with Gasteiger partial charge in [-0.05, 0) is 12.8 Å². The number of hydrogen-bond donors (Lipinski definition) is 2. The van der Waals surface area contributed by atoms with E-state index >= 15 is 0 Å². The quantitative estimate of drug-likeness (QED) is 0.130. The molecule has 1 saturated heterocycles. The minimum atomic E-state index is -1.22. The first kappa shape index (κ1) is 31.3. The Kier molecular flexibility index (Phi) is 15.0. The molecular weight excluding hydrogens is 462 g/mol. The van der Waals surface area contributed by atoms with E-state index in [0.29, 0.717) is 13.2 Å². The Labute approximate surface area is 208 Å². The van der Waals surface area contributed by atoms with Gasteiger partial charge in [0.1, 0.15) is 30.7 Å². The second-order valence-corrected chi connectivity index (χ2v) is 8.44. The molecule has 1 heterocycles. The monoisotopic (exact) mass is 505 g/mol. The topological polar surface area (TPSA) is 145 Å². The Balaban J connectivity index is 3.24. The molecule has 0 aromatic carbocycles. The Morgan fingerprint density at radius 1 is 1.11 bits per heavy atom. The SMILES string of the molecule is C=C(O)C(OCCCC)C(OC(C)=O)[C@@H](OC)O[C@@H]1C(COC(C)=O)OCC(N)C1OCCCC. The number of ether oxygens (including phenoxy) is 7. The van der Waals surface area contributed by atoms with Crippen molar-refractivity contribution in [2.75, 3.05) is 33.5 Å². The molecule has 0 spiro atoms. The Bertz CT molecular complexity index is 646. The minimum Gasteiger partial charge on any atom is -0.510 e. The summed E-state index contributed by atoms with van der Waals surface area (Å²) in [5.41, 5.74) is 6.29. The van der Waals surface area contributed by atoms with Crippen molar-refractivity contribution >= 4 is 11.9 Å². The maximum Gasteiger partial charge on any atom is 0.303 e. The Hall–Kier alpha value is -1.76. The van der Waals surface area contributed by atoms with Crippen LogP contribution in [-0.2, 0) is 42.7 Å². The van der Waals surface area contributed by atoms with Crippen LogP contribution in [0.3, 0.4) is 0 Å². The van der Waals surface area contributed by atoms with Crippen molar-refractivity contribution in [1.29, 1.82) is 0 Å². The zero-order valence-electron chi connectivity index (χ0n) is 21.6. The van der Waals surface area contributed by atoms with E-state index < -0.39 is 54.8 Å². The van der Waals surface area contributed by atoms with Crippen LogP contribution in [-0.4, -0.2) is 93.4 Å². The van der Waals surface area contributed by atoms with E-state index in [1.165, 1.54) is 21.0 Å². The smallest absolute Gasteiger partial charge is 0.303 e. The van der Waals surface area contributed by atoms with Crippen LogP contribution in [0.1, 0.15) is 53.4 Å². The zero-order chi connectivity index (χ0) is 26.4. The third kappa shape index (κ3) is 10.8. The fraction of sp³-hybridized carbons (Fsp3) is 0.833. The van der Waals surface area contributed by atoms with Gasteiger partial charge in [0.15, 0.2) is 18.5 Å². The van der Waals surface area contributed by atoms with E-state index in [4.69, 9.17) is 38.9 Å². The van der Waals surface area contributed by atoms with Gasteiger partial charge in [-0.15, -0.1) is 0 Å². The molecule has 0 bridgehead atoms. The molecule has 0 saturated carbocycles. The van der Waals surface area contributed by atoms with E-state index in [1.807, 2.05) is 13.8 Å². The third-order valence-corrected chi connectivity index (χ3v) is 5.39. The molecule has 0 aromatic rings. The summed E-state index contributed by atoms with van der Waals surface area (Å²) in [6.45, 7) is 10.9. The third-order valence-electron chi connectivity index (χ3n) is 5.39. The fourth-order valence-electron chi connectivity index (χ4n) is 3.58. The van der Waals surface area contributed by atoms with E-state index in [-0.39, 0.29) is 19.0 Å². The van der Waals surface area contributed by atoms with E-state index in [0.717, 1.165) is 25.7 Å². The van der Waals surface area contributed by atoms with Gasteiger partial charge in [-0.1, -0.05) is 33.3 Å². The van der Waals surface area contributed by atoms with Crippen LogP contribution in [0.25, 0.3) is 0 Å². The minimum absolute atomic E-state index is 0.0990. The van der Waals surface area contributed by atoms with Gasteiger partial charge in [0.25, 0.3) is 0 Å². The van der Waals surface area contributed by atoms with Crippen molar-refractivity contribution < 1.29 is 47.9 Å². The summed E-state index contributed by atoms with van der Waals surface area (Å²) in [5.74, 6) is -1.45. The molecule has 3 N–H and O–H groups in total. The van der Waals surface area contributed by atoms with Crippen molar-refractivity contribution in [2.24, 2.45) is 5.73 Å². The lowest BCUT2D eigenvalue weighted by Crippen LogP contribution is -2.61. The summed E-state index contributed by atoms with van der Waals surface area (Å²) in [6, 6.07) is -0.528. The number of hydrogen-bond acceptors (Lipinski definition) is 11. The van der Waals surface area contributed by atoms with Gasteiger partial charge < -0.3 is 44.0 Å². The molecule has 1 fully saturated rings. The molecule has 0 radical (unpaired) electrons. The number of esters is 2. The van der Waals surface area contributed by atoms with Crippen LogP contribution in [0.4, 0.5) is 0 Å². The number of methoxy groups -OCH3 is 1. The molecule has 1 rings (SSSR count). The summed E-state index contributed by atoms with van der Waals surface area (Å²) in [5, 5.41) is 10.2. The van der Waals surface area contributed by atoms with Crippen LogP contribution in [0.5, 0.6) is 0 Å². The number of unbranched alkanes of at least 4 members (excludes halogenated alkanes) is 2. The molecule has 11 heteroatoms. The summed E-state index contributed by atoms with van der Waals surface area (Å²) in [4.78, 5) is 23.4. The van der Waals surface area contributed by atoms with Crippen molar-refractivity contribution in [3.8, 4) is 0 Å². The molecular formula is C24H43NO10. The second kappa shape index (κ2) is 16.8. The molecule has 7 atom stereocenters. The van der Waals surface area contributed by atoms with Crippen LogP contribution in [0.15, 0.2) is 12.3 Å². The number of rotatable bonds is 17. The molecule has 1 aliphatic rings. The summed E-state index contributed by atoms with van der Waals surface area (Å²) in [7, 11) is 1.36. The van der Waals surface area contributed by atoms with Crippen LogP contribution >= 0.6 is 0 Å². The van der Waals surface area contributed by atoms with Gasteiger partial charge in [-0.2, -0.15) is 0 Å². The van der Waals surface area contributed by atoms with Crippen molar-refractivity contribution in [2.45, 2.75) is 96.2 Å². The van der Waals surface area contributed by atoms with E-state index in [9.17, 15) is 14.7 Å². The fourth-order valence-corrected chi connectivity index (χ4v) is 3.58. The van der Waals surface area contributed by atoms with Crippen LogP contribution in [0.2, 0.25) is 0 Å². The molecule has 204 valence electrons. The van der Waals surface area contributed by atoms with E-state index in [2.05, 4.69) is 6.58 Å². The maximum atomic E-state index is 11.9. The zero-order valence-corrected chi connectivity index (χ0v) is 21.6. The number of aliphatic hydroxyl groups is 1. The Morgan fingerprint density at radius 2 is 1.77 bits per heavy atom. The van der Waals surface area contributed by atoms with Gasteiger partial charge in [-0.25, -0.2) is 0 Å². The van der Waals surface area contributed by atoms with Gasteiger partial charge in [0.05, 0.1) is 12.6 Å². The maximum absolute atomic E-state index is 11.9. The summed E-state index contributed by atoms with van der Waals surface area (Å²) >= 11 is 0. The largest absolute Gasteiger partial charge is 0.510 e. The number of carbonyl (C=O) groups excluding carboxylic acids is 2. The first-order valence-corrected chi connectivity index (χ1v) is 12.1. The number of aliphatic hydroxyl groups excluding tert-OH is 1. The average Bonchev–Trinajstić information content (AvgIpc) is 2.79. The highest BCUT2D eigenvalue weighted by molar-refractivity contribution is 5.66. The van der Waals surface area contributed by atoms with E-state index in [1.54, 1.807) is 0 Å². The second-order valence-electron chi connectivity index (χ2n) is 8.44. The van der Waals surface area contributed by atoms with Crippen molar-refractivity contribution in [1.82, 2.24) is 0 Å². The average molecular weight is 506 g/mol. The molecule has 35 heavy (non-hydrogen) atoms. The molecule has 1 aliphatic heterocycles. The van der Waals surface area contributed by atoms with Gasteiger partial charge >= 0.3 is 11.9 Å². The highest BCUT2D eigenvalue weighted by Gasteiger charge is 2.46. The first-order chi connectivity index (χ1) is 16.7. The molecule has 11 nitrogen and oxygen atoms in total. The lowest BCUT2D eigenvalue weighted by atomic mass is 9.98. The van der Waals surface area contributed by atoms with Gasteiger partial charge in [0.2, 0.25) is 0 Å². The number of carbonyl (C=O) groups is 2.